The number of ether oxygens (including phenoxy) is 1. The number of nitrogens with zero attached hydrogens (tertiary/aromatic N) is 1. The van der Waals surface area contributed by atoms with Crippen molar-refractivity contribution in [3.63, 3.8) is 0 Å². The highest BCUT2D eigenvalue weighted by Crippen LogP contribution is 2.10. The number of hydrogen-bond donors (Lipinski definition) is 0. The maximum absolute atomic E-state index is 10.9. The monoisotopic (exact) mass is 143 g/mol. The van der Waals surface area contributed by atoms with Gasteiger partial charge in [-0.2, -0.15) is 0 Å². The van der Waals surface area contributed by atoms with Gasteiger partial charge in [-0.3, -0.25) is 0 Å². The van der Waals surface area contributed by atoms with Crippen molar-refractivity contribution in [3.05, 3.63) is 0 Å². The Kier molecular flexibility index (Phi) is 2.14. The highest BCUT2D eigenvalue weighted by Gasteiger charge is 2.25. The van der Waals surface area contributed by atoms with Crippen molar-refractivity contribution >= 4 is 6.09 Å². The summed E-state index contributed by atoms with van der Waals surface area (Å²) < 4.78 is 4.78. The van der Waals surface area contributed by atoms with E-state index in [4.69, 9.17) is 4.74 Å². The van der Waals surface area contributed by atoms with Crippen molar-refractivity contribution in [1.82, 2.24) is 4.90 Å². The van der Waals surface area contributed by atoms with Crippen molar-refractivity contribution in [3.8, 4) is 0 Å². The average Bonchev–Trinajstić information content (AvgIpc) is 2.34. The van der Waals surface area contributed by atoms with Gasteiger partial charge in [-0.1, -0.05) is 6.92 Å². The number of amides is 1. The highest BCUT2D eigenvalue weighted by atomic mass is 16.6. The molecule has 1 aliphatic rings. The molecule has 0 bridgehead atoms. The first-order valence-electron chi connectivity index (χ1n) is 3.69. The van der Waals surface area contributed by atoms with Crippen LogP contribution in [-0.4, -0.2) is 30.2 Å². The minimum Gasteiger partial charge on any atom is -0.448 e. The Morgan fingerprint density at radius 3 is 2.90 bits per heavy atom. The van der Waals surface area contributed by atoms with E-state index in [1.165, 1.54) is 0 Å². The van der Waals surface area contributed by atoms with Crippen LogP contribution in [0.2, 0.25) is 0 Å². The maximum Gasteiger partial charge on any atom is 0.410 e. The van der Waals surface area contributed by atoms with Crippen LogP contribution in [-0.2, 0) is 4.74 Å². The first-order chi connectivity index (χ1) is 4.75. The van der Waals surface area contributed by atoms with E-state index in [9.17, 15) is 4.79 Å². The van der Waals surface area contributed by atoms with Crippen molar-refractivity contribution < 1.29 is 9.53 Å². The zero-order valence-electron chi connectivity index (χ0n) is 6.46. The molecule has 0 aromatic carbocycles. The van der Waals surface area contributed by atoms with E-state index < -0.39 is 0 Å². The van der Waals surface area contributed by atoms with Gasteiger partial charge in [0, 0.05) is 6.04 Å². The molecule has 1 fully saturated rings. The SMILES string of the molecule is CCC(C)N1CCOC1=O. The molecule has 1 aliphatic heterocycles. The smallest absolute Gasteiger partial charge is 0.410 e. The lowest BCUT2D eigenvalue weighted by atomic mass is 10.2. The fraction of sp³-hybridized carbons (Fsp3) is 0.857. The second-order valence-corrected chi connectivity index (χ2v) is 2.57. The molecule has 1 heterocycles. The van der Waals surface area contributed by atoms with Gasteiger partial charge >= 0.3 is 6.09 Å². The van der Waals surface area contributed by atoms with E-state index in [0.29, 0.717) is 12.6 Å². The third-order valence-corrected chi connectivity index (χ3v) is 1.92. The largest absolute Gasteiger partial charge is 0.448 e. The molecule has 0 radical (unpaired) electrons. The lowest BCUT2D eigenvalue weighted by Gasteiger charge is -2.19. The van der Waals surface area contributed by atoms with E-state index in [0.717, 1.165) is 13.0 Å². The van der Waals surface area contributed by atoms with Crippen LogP contribution in [0.4, 0.5) is 4.79 Å². The van der Waals surface area contributed by atoms with Crippen LogP contribution in [0.3, 0.4) is 0 Å². The number of rotatable bonds is 2. The summed E-state index contributed by atoms with van der Waals surface area (Å²) in [7, 11) is 0. The van der Waals surface area contributed by atoms with Crippen LogP contribution in [0.15, 0.2) is 0 Å². The summed E-state index contributed by atoms with van der Waals surface area (Å²) in [5.74, 6) is 0. The molecule has 0 N–H and O–H groups in total. The normalized spacial score (nSPS) is 21.0. The standard InChI is InChI=1S/C7H13NO2/c1-3-6(2)8-4-5-10-7(8)9/h6H,3-5H2,1-2H3. The molecule has 0 saturated carbocycles. The second-order valence-electron chi connectivity index (χ2n) is 2.57. The molecular formula is C7H13NO2. The fourth-order valence-corrected chi connectivity index (χ4v) is 1.03. The van der Waals surface area contributed by atoms with Gasteiger partial charge < -0.3 is 9.64 Å². The van der Waals surface area contributed by atoms with Crippen molar-refractivity contribution in [2.75, 3.05) is 13.2 Å². The van der Waals surface area contributed by atoms with E-state index >= 15 is 0 Å². The van der Waals surface area contributed by atoms with Gasteiger partial charge in [0.15, 0.2) is 0 Å². The molecule has 10 heavy (non-hydrogen) atoms. The van der Waals surface area contributed by atoms with Gasteiger partial charge in [-0.15, -0.1) is 0 Å². The first-order valence-corrected chi connectivity index (χ1v) is 3.69. The van der Waals surface area contributed by atoms with Crippen LogP contribution in [0.5, 0.6) is 0 Å². The summed E-state index contributed by atoms with van der Waals surface area (Å²) in [6.07, 6.45) is 0.837. The van der Waals surface area contributed by atoms with Crippen molar-refractivity contribution in [2.24, 2.45) is 0 Å². The van der Waals surface area contributed by atoms with Gasteiger partial charge in [-0.05, 0) is 13.3 Å². The predicted octanol–water partition coefficient (Wildman–Crippen LogP) is 1.24. The van der Waals surface area contributed by atoms with Gasteiger partial charge in [-0.25, -0.2) is 4.79 Å². The molecule has 0 aromatic heterocycles. The zero-order valence-corrected chi connectivity index (χ0v) is 6.46. The van der Waals surface area contributed by atoms with Crippen LogP contribution < -0.4 is 0 Å². The van der Waals surface area contributed by atoms with Crippen LogP contribution in [0.25, 0.3) is 0 Å². The van der Waals surface area contributed by atoms with Gasteiger partial charge in [0.2, 0.25) is 0 Å². The zero-order chi connectivity index (χ0) is 7.56. The number of cyclic esters (lactones) is 1. The van der Waals surface area contributed by atoms with Crippen LogP contribution in [0, 0.1) is 0 Å². The molecular weight excluding hydrogens is 130 g/mol. The Bertz CT molecular complexity index is 136. The molecule has 1 rings (SSSR count). The molecule has 0 spiro atoms. The van der Waals surface area contributed by atoms with Crippen molar-refractivity contribution in [1.29, 1.82) is 0 Å². The summed E-state index contributed by atoms with van der Waals surface area (Å²) in [5, 5.41) is 0. The van der Waals surface area contributed by atoms with Gasteiger partial charge in [0.05, 0.1) is 6.54 Å². The first kappa shape index (κ1) is 7.38. The topological polar surface area (TPSA) is 29.5 Å². The lowest BCUT2D eigenvalue weighted by molar-refractivity contribution is 0.149. The Balaban J connectivity index is 2.46. The Labute approximate surface area is 61.0 Å². The number of hydrogen-bond acceptors (Lipinski definition) is 2. The highest BCUT2D eigenvalue weighted by molar-refractivity contribution is 5.69. The molecule has 0 aromatic rings. The Morgan fingerprint density at radius 2 is 2.50 bits per heavy atom. The number of carbonyl (C=O) groups is 1. The fourth-order valence-electron chi connectivity index (χ4n) is 1.03. The molecule has 0 aliphatic carbocycles. The molecule has 3 nitrogen and oxygen atoms in total. The Hall–Kier alpha value is -0.730. The Morgan fingerprint density at radius 1 is 1.80 bits per heavy atom. The molecule has 3 heteroatoms. The quantitative estimate of drug-likeness (QED) is 0.582. The summed E-state index contributed by atoms with van der Waals surface area (Å²) in [6, 6.07) is 0.329. The van der Waals surface area contributed by atoms with E-state index in [-0.39, 0.29) is 6.09 Å². The summed E-state index contributed by atoms with van der Waals surface area (Å²) in [5.41, 5.74) is 0. The van der Waals surface area contributed by atoms with Gasteiger partial charge in [0.1, 0.15) is 6.61 Å². The van der Waals surface area contributed by atoms with Crippen LogP contribution >= 0.6 is 0 Å². The maximum atomic E-state index is 10.9. The third kappa shape index (κ3) is 1.23. The lowest BCUT2D eigenvalue weighted by Crippen LogP contribution is -2.33. The second kappa shape index (κ2) is 2.90. The number of carbonyl (C=O) groups excluding carboxylic acids is 1. The van der Waals surface area contributed by atoms with Crippen molar-refractivity contribution in [2.45, 2.75) is 26.3 Å². The summed E-state index contributed by atoms with van der Waals surface area (Å²) in [4.78, 5) is 12.6. The molecule has 1 saturated heterocycles. The summed E-state index contributed by atoms with van der Waals surface area (Å²) >= 11 is 0. The van der Waals surface area contributed by atoms with Gasteiger partial charge in [0.25, 0.3) is 0 Å². The molecule has 1 atom stereocenters. The third-order valence-electron chi connectivity index (χ3n) is 1.92. The molecule has 1 amide bonds. The van der Waals surface area contributed by atoms with E-state index in [1.54, 1.807) is 4.90 Å². The van der Waals surface area contributed by atoms with E-state index in [1.807, 2.05) is 6.92 Å². The molecule has 1 unspecified atom stereocenters. The summed E-state index contributed by atoms with van der Waals surface area (Å²) in [6.45, 7) is 5.42. The van der Waals surface area contributed by atoms with E-state index in [2.05, 4.69) is 6.92 Å². The predicted molar refractivity (Wildman–Crippen MR) is 37.8 cm³/mol. The molecule has 58 valence electrons. The average molecular weight is 143 g/mol. The minimum atomic E-state index is -0.158. The minimum absolute atomic E-state index is 0.158. The van der Waals surface area contributed by atoms with Crippen LogP contribution in [0.1, 0.15) is 20.3 Å².